The largest absolute Gasteiger partial charge is 0.352 e. The molecule has 1 aliphatic rings. The Balaban J connectivity index is 1.42. The molecule has 1 fully saturated rings. The Kier molecular flexibility index (Phi) is 6.68. The highest BCUT2D eigenvalue weighted by Gasteiger charge is 2.29. The number of likely N-dealkylation sites (tertiary alicyclic amines) is 1. The first-order valence-corrected chi connectivity index (χ1v) is 11.0. The summed E-state index contributed by atoms with van der Waals surface area (Å²) in [6.45, 7) is 1.19. The van der Waals surface area contributed by atoms with Crippen molar-refractivity contribution in [3.63, 3.8) is 0 Å². The summed E-state index contributed by atoms with van der Waals surface area (Å²) in [6.07, 6.45) is 1.44. The van der Waals surface area contributed by atoms with Gasteiger partial charge in [-0.1, -0.05) is 84.4 Å². The third kappa shape index (κ3) is 4.97. The topological polar surface area (TPSA) is 49.4 Å². The van der Waals surface area contributed by atoms with Crippen LogP contribution in [-0.2, 0) is 4.79 Å². The zero-order valence-corrected chi connectivity index (χ0v) is 18.0. The molecule has 1 N–H and O–H groups in total. The zero-order chi connectivity index (χ0) is 21.6. The lowest BCUT2D eigenvalue weighted by Gasteiger charge is -2.33. The van der Waals surface area contributed by atoms with Gasteiger partial charge in [0.2, 0.25) is 5.91 Å². The Morgan fingerprint density at radius 1 is 0.806 bits per heavy atom. The molecular weight excluding hydrogens is 408 g/mol. The number of benzene rings is 3. The van der Waals surface area contributed by atoms with Crippen molar-refractivity contribution in [3.8, 4) is 0 Å². The van der Waals surface area contributed by atoms with Gasteiger partial charge in [-0.3, -0.25) is 9.59 Å². The van der Waals surface area contributed by atoms with Crippen molar-refractivity contribution in [3.05, 3.63) is 107 Å². The van der Waals surface area contributed by atoms with E-state index in [2.05, 4.69) is 5.32 Å². The Bertz CT molecular complexity index is 992. The summed E-state index contributed by atoms with van der Waals surface area (Å²) in [7, 11) is 0. The molecule has 3 aromatic rings. The van der Waals surface area contributed by atoms with E-state index < -0.39 is 0 Å². The van der Waals surface area contributed by atoms with Gasteiger partial charge in [-0.2, -0.15) is 0 Å². The van der Waals surface area contributed by atoms with Gasteiger partial charge in [-0.05, 0) is 36.1 Å². The molecule has 0 aromatic heterocycles. The molecule has 0 spiro atoms. The van der Waals surface area contributed by atoms with Crippen LogP contribution in [0.3, 0.4) is 0 Å². The van der Waals surface area contributed by atoms with Crippen molar-refractivity contribution < 1.29 is 9.59 Å². The maximum Gasteiger partial charge on any atom is 0.255 e. The molecule has 1 aliphatic heterocycles. The Morgan fingerprint density at radius 3 is 1.87 bits per heavy atom. The minimum atomic E-state index is -0.356. The van der Waals surface area contributed by atoms with Crippen molar-refractivity contribution >= 4 is 23.4 Å². The molecule has 0 unspecified atom stereocenters. The summed E-state index contributed by atoms with van der Waals surface area (Å²) in [4.78, 5) is 27.9. The van der Waals surface area contributed by atoms with Crippen molar-refractivity contribution in [2.75, 3.05) is 13.1 Å². The maximum absolute atomic E-state index is 13.3. The lowest BCUT2D eigenvalue weighted by molar-refractivity contribution is -0.122. The highest BCUT2D eigenvalue weighted by atomic mass is 35.5. The molecule has 4 rings (SSSR count). The van der Waals surface area contributed by atoms with Crippen LogP contribution in [0, 0.1) is 0 Å². The molecule has 0 aliphatic carbocycles. The fourth-order valence-corrected chi connectivity index (χ4v) is 4.32. The number of halogens is 1. The van der Waals surface area contributed by atoms with Gasteiger partial charge in [0.05, 0.1) is 16.5 Å². The monoisotopic (exact) mass is 432 g/mol. The number of carbonyl (C=O) groups is 2. The fourth-order valence-electron chi connectivity index (χ4n) is 4.10. The van der Waals surface area contributed by atoms with Crippen molar-refractivity contribution in [1.29, 1.82) is 0 Å². The predicted molar refractivity (Wildman–Crippen MR) is 123 cm³/mol. The SMILES string of the molecule is O=C(NC1CCN(C(=O)c2ccccc2Cl)CC1)C(c1ccccc1)c1ccccc1. The van der Waals surface area contributed by atoms with Gasteiger partial charge in [0, 0.05) is 19.1 Å². The van der Waals surface area contributed by atoms with Crippen LogP contribution in [0.5, 0.6) is 0 Å². The smallest absolute Gasteiger partial charge is 0.255 e. The molecule has 31 heavy (non-hydrogen) atoms. The van der Waals surface area contributed by atoms with Crippen LogP contribution in [-0.4, -0.2) is 35.8 Å². The number of nitrogens with zero attached hydrogens (tertiary/aromatic N) is 1. The van der Waals surface area contributed by atoms with E-state index >= 15 is 0 Å². The molecule has 1 heterocycles. The molecule has 2 amide bonds. The first-order valence-electron chi connectivity index (χ1n) is 10.6. The third-order valence-corrected chi connectivity index (χ3v) is 6.09. The van der Waals surface area contributed by atoms with Crippen molar-refractivity contribution in [2.24, 2.45) is 0 Å². The second-order valence-electron chi connectivity index (χ2n) is 7.81. The molecule has 0 atom stereocenters. The standard InChI is InChI=1S/C26H25ClN2O2/c27-23-14-8-7-13-22(23)26(31)29-17-15-21(16-18-29)28-25(30)24(19-9-3-1-4-10-19)20-11-5-2-6-12-20/h1-14,21,24H,15-18H2,(H,28,30). The summed E-state index contributed by atoms with van der Waals surface area (Å²) >= 11 is 6.18. The Hall–Kier alpha value is -3.11. The second-order valence-corrected chi connectivity index (χ2v) is 8.22. The van der Waals surface area contributed by atoms with Gasteiger partial charge < -0.3 is 10.2 Å². The number of carbonyl (C=O) groups excluding carboxylic acids is 2. The average Bonchev–Trinajstić information content (AvgIpc) is 2.81. The van der Waals surface area contributed by atoms with Crippen LogP contribution in [0.4, 0.5) is 0 Å². The number of hydrogen-bond acceptors (Lipinski definition) is 2. The average molecular weight is 433 g/mol. The third-order valence-electron chi connectivity index (χ3n) is 5.76. The van der Waals surface area contributed by atoms with E-state index in [0.717, 1.165) is 24.0 Å². The van der Waals surface area contributed by atoms with E-state index in [0.29, 0.717) is 23.7 Å². The summed E-state index contributed by atoms with van der Waals surface area (Å²) in [5.41, 5.74) is 2.47. The van der Waals surface area contributed by atoms with E-state index in [1.165, 1.54) is 0 Å². The van der Waals surface area contributed by atoms with E-state index in [1.54, 1.807) is 12.1 Å². The molecule has 3 aromatic carbocycles. The lowest BCUT2D eigenvalue weighted by atomic mass is 9.90. The van der Waals surface area contributed by atoms with Gasteiger partial charge in [0.25, 0.3) is 5.91 Å². The lowest BCUT2D eigenvalue weighted by Crippen LogP contribution is -2.47. The van der Waals surface area contributed by atoms with Gasteiger partial charge >= 0.3 is 0 Å². The van der Waals surface area contributed by atoms with Gasteiger partial charge in [0.1, 0.15) is 0 Å². The molecule has 158 valence electrons. The van der Waals surface area contributed by atoms with Gasteiger partial charge in [0.15, 0.2) is 0 Å². The summed E-state index contributed by atoms with van der Waals surface area (Å²) in [5, 5.41) is 3.69. The van der Waals surface area contributed by atoms with E-state index in [4.69, 9.17) is 11.6 Å². The maximum atomic E-state index is 13.3. The summed E-state index contributed by atoms with van der Waals surface area (Å²) in [5.74, 6) is -0.416. The molecule has 1 saturated heterocycles. The minimum Gasteiger partial charge on any atom is -0.352 e. The van der Waals surface area contributed by atoms with E-state index in [9.17, 15) is 9.59 Å². The number of amides is 2. The first kappa shape index (κ1) is 21.1. The van der Waals surface area contributed by atoms with Gasteiger partial charge in [-0.25, -0.2) is 0 Å². The zero-order valence-electron chi connectivity index (χ0n) is 17.2. The highest BCUT2D eigenvalue weighted by molar-refractivity contribution is 6.33. The van der Waals surface area contributed by atoms with E-state index in [-0.39, 0.29) is 23.8 Å². The normalized spacial score (nSPS) is 14.5. The molecule has 5 heteroatoms. The van der Waals surface area contributed by atoms with Crippen molar-refractivity contribution in [1.82, 2.24) is 10.2 Å². The number of nitrogens with one attached hydrogen (secondary N) is 1. The van der Waals surface area contributed by atoms with Crippen LogP contribution in [0.15, 0.2) is 84.9 Å². The summed E-state index contributed by atoms with van der Waals surface area (Å²) < 4.78 is 0. The molecule has 4 nitrogen and oxygen atoms in total. The quantitative estimate of drug-likeness (QED) is 0.623. The van der Waals surface area contributed by atoms with Crippen LogP contribution >= 0.6 is 11.6 Å². The molecule has 0 radical (unpaired) electrons. The predicted octanol–water partition coefficient (Wildman–Crippen LogP) is 4.89. The molecule has 0 bridgehead atoms. The van der Waals surface area contributed by atoms with Crippen LogP contribution < -0.4 is 5.32 Å². The molecular formula is C26H25ClN2O2. The molecule has 0 saturated carbocycles. The second kappa shape index (κ2) is 9.80. The van der Waals surface area contributed by atoms with Crippen LogP contribution in [0.25, 0.3) is 0 Å². The minimum absolute atomic E-state index is 0.00622. The first-order chi connectivity index (χ1) is 15.1. The highest BCUT2D eigenvalue weighted by Crippen LogP contribution is 2.26. The van der Waals surface area contributed by atoms with Crippen molar-refractivity contribution in [2.45, 2.75) is 24.8 Å². The Labute approximate surface area is 187 Å². The fraction of sp³-hybridized carbons (Fsp3) is 0.231. The number of rotatable bonds is 5. The van der Waals surface area contributed by atoms with Gasteiger partial charge in [-0.15, -0.1) is 0 Å². The Morgan fingerprint density at radius 2 is 1.32 bits per heavy atom. The van der Waals surface area contributed by atoms with E-state index in [1.807, 2.05) is 77.7 Å². The van der Waals surface area contributed by atoms with Crippen LogP contribution in [0.1, 0.15) is 40.2 Å². The van der Waals surface area contributed by atoms with Crippen LogP contribution in [0.2, 0.25) is 5.02 Å². The number of piperidine rings is 1. The summed E-state index contributed by atoms with van der Waals surface area (Å²) in [6, 6.07) is 26.8. The number of hydrogen-bond donors (Lipinski definition) is 1.